The van der Waals surface area contributed by atoms with Crippen molar-refractivity contribution in [1.29, 1.82) is 0 Å². The largest absolute Gasteiger partial charge is 0.496 e. The Balaban J connectivity index is 1.88. The molecular weight excluding hydrogens is 331 g/mol. The van der Waals surface area contributed by atoms with Gasteiger partial charge in [0.15, 0.2) is 6.54 Å². The van der Waals surface area contributed by atoms with E-state index >= 15 is 0 Å². The highest BCUT2D eigenvalue weighted by molar-refractivity contribution is 6.30. The number of hydrogen-bond acceptors (Lipinski definition) is 2. The zero-order valence-corrected chi connectivity index (χ0v) is 14.5. The average Bonchev–Trinajstić information content (AvgIpc) is 2.54. The molecule has 128 valence electrons. The number of likely N-dealkylation sites (N-methyl/N-ethyl adjacent to an activating group) is 1. The van der Waals surface area contributed by atoms with Crippen molar-refractivity contribution in [1.82, 2.24) is 5.32 Å². The molecule has 1 unspecified atom stereocenters. The van der Waals surface area contributed by atoms with Crippen molar-refractivity contribution in [3.63, 3.8) is 0 Å². The van der Waals surface area contributed by atoms with E-state index in [1.807, 2.05) is 19.2 Å². The van der Waals surface area contributed by atoms with Crippen LogP contribution in [0.2, 0.25) is 5.02 Å². The number of rotatable bonds is 7. The lowest BCUT2D eigenvalue weighted by atomic mass is 10.2. The molecule has 0 fully saturated rings. The minimum atomic E-state index is -0.317. The van der Waals surface area contributed by atoms with Gasteiger partial charge in [-0.2, -0.15) is 0 Å². The monoisotopic (exact) mass is 351 g/mol. The molecule has 0 aliphatic heterocycles. The Labute approximate surface area is 146 Å². The van der Waals surface area contributed by atoms with Crippen LogP contribution >= 0.6 is 11.6 Å². The van der Waals surface area contributed by atoms with E-state index in [4.69, 9.17) is 16.3 Å². The maximum Gasteiger partial charge on any atom is 0.275 e. The first-order valence-corrected chi connectivity index (χ1v) is 8.01. The lowest BCUT2D eigenvalue weighted by molar-refractivity contribution is -0.885. The molecule has 0 bridgehead atoms. The van der Waals surface area contributed by atoms with Crippen LogP contribution in [0.15, 0.2) is 42.5 Å². The molecular formula is C18H21ClFN2O2+. The van der Waals surface area contributed by atoms with E-state index in [0.717, 1.165) is 16.2 Å². The number of amides is 1. The smallest absolute Gasteiger partial charge is 0.275 e. The first-order valence-electron chi connectivity index (χ1n) is 7.63. The molecule has 0 aromatic heterocycles. The molecule has 2 aromatic carbocycles. The van der Waals surface area contributed by atoms with Gasteiger partial charge in [-0.25, -0.2) is 4.39 Å². The Hall–Kier alpha value is -2.11. The Kier molecular flexibility index (Phi) is 6.58. The van der Waals surface area contributed by atoms with Crippen LogP contribution in [0.25, 0.3) is 0 Å². The third kappa shape index (κ3) is 5.22. The molecule has 0 saturated heterocycles. The van der Waals surface area contributed by atoms with Gasteiger partial charge in [-0.3, -0.25) is 4.79 Å². The van der Waals surface area contributed by atoms with Crippen LogP contribution in [-0.2, 0) is 17.9 Å². The van der Waals surface area contributed by atoms with Gasteiger partial charge in [-0.1, -0.05) is 29.8 Å². The average molecular weight is 352 g/mol. The van der Waals surface area contributed by atoms with Crippen molar-refractivity contribution in [2.75, 3.05) is 20.7 Å². The molecule has 0 spiro atoms. The van der Waals surface area contributed by atoms with Crippen LogP contribution in [0.3, 0.4) is 0 Å². The molecule has 4 nitrogen and oxygen atoms in total. The normalized spacial score (nSPS) is 11.8. The SMILES string of the molecule is COc1ccc(Cl)cc1C[NH+](C)CC(=O)NCc1ccccc1F. The summed E-state index contributed by atoms with van der Waals surface area (Å²) in [5, 5.41) is 3.37. The van der Waals surface area contributed by atoms with Crippen molar-refractivity contribution < 1.29 is 18.8 Å². The lowest BCUT2D eigenvalue weighted by Gasteiger charge is -2.16. The number of ether oxygens (including phenoxy) is 1. The quantitative estimate of drug-likeness (QED) is 0.799. The van der Waals surface area contributed by atoms with Crippen LogP contribution in [0.1, 0.15) is 11.1 Å². The van der Waals surface area contributed by atoms with Gasteiger partial charge in [0.1, 0.15) is 18.1 Å². The molecule has 2 aromatic rings. The van der Waals surface area contributed by atoms with Crippen molar-refractivity contribution in [2.45, 2.75) is 13.1 Å². The Morgan fingerprint density at radius 1 is 1.25 bits per heavy atom. The van der Waals surface area contributed by atoms with Gasteiger partial charge >= 0.3 is 0 Å². The minimum Gasteiger partial charge on any atom is -0.496 e. The van der Waals surface area contributed by atoms with Crippen molar-refractivity contribution >= 4 is 17.5 Å². The summed E-state index contributed by atoms with van der Waals surface area (Å²) < 4.78 is 18.8. The second-order valence-corrected chi connectivity index (χ2v) is 6.07. The Bertz CT molecular complexity index is 709. The van der Waals surface area contributed by atoms with Gasteiger partial charge in [0.05, 0.1) is 14.2 Å². The maximum absolute atomic E-state index is 13.5. The number of nitrogens with one attached hydrogen (secondary N) is 2. The molecule has 0 saturated carbocycles. The number of quaternary nitrogens is 1. The number of carbonyl (C=O) groups excluding carboxylic acids is 1. The number of benzene rings is 2. The zero-order chi connectivity index (χ0) is 17.5. The van der Waals surface area contributed by atoms with Gasteiger partial charge in [0, 0.05) is 22.7 Å². The van der Waals surface area contributed by atoms with E-state index < -0.39 is 0 Å². The van der Waals surface area contributed by atoms with Crippen molar-refractivity contribution in [2.24, 2.45) is 0 Å². The van der Waals surface area contributed by atoms with Crippen LogP contribution in [0.4, 0.5) is 4.39 Å². The first-order chi connectivity index (χ1) is 11.5. The van der Waals surface area contributed by atoms with Gasteiger partial charge in [-0.15, -0.1) is 0 Å². The van der Waals surface area contributed by atoms with E-state index in [2.05, 4.69) is 5.32 Å². The molecule has 2 N–H and O–H groups in total. The topological polar surface area (TPSA) is 42.8 Å². The fraction of sp³-hybridized carbons (Fsp3) is 0.278. The number of hydrogen-bond donors (Lipinski definition) is 2. The fourth-order valence-electron chi connectivity index (χ4n) is 2.45. The van der Waals surface area contributed by atoms with Gasteiger partial charge in [0.25, 0.3) is 5.91 Å². The molecule has 6 heteroatoms. The predicted molar refractivity (Wildman–Crippen MR) is 91.7 cm³/mol. The Morgan fingerprint density at radius 3 is 2.71 bits per heavy atom. The predicted octanol–water partition coefficient (Wildman–Crippen LogP) is 1.82. The Morgan fingerprint density at radius 2 is 2.00 bits per heavy atom. The van der Waals surface area contributed by atoms with Crippen molar-refractivity contribution in [3.8, 4) is 5.75 Å². The highest BCUT2D eigenvalue weighted by atomic mass is 35.5. The summed E-state index contributed by atoms with van der Waals surface area (Å²) in [6, 6.07) is 11.8. The standard InChI is InChI=1S/C18H20ClFN2O2/c1-22(11-14-9-15(19)7-8-17(14)24-2)12-18(23)21-10-13-5-3-4-6-16(13)20/h3-9H,10-12H2,1-2H3,(H,21,23)/p+1. The van der Waals surface area contributed by atoms with E-state index in [0.29, 0.717) is 17.1 Å². The summed E-state index contributed by atoms with van der Waals surface area (Å²) in [4.78, 5) is 13.0. The molecule has 0 radical (unpaired) electrons. The van der Waals surface area contributed by atoms with Gasteiger partial charge < -0.3 is 15.0 Å². The van der Waals surface area contributed by atoms with Crippen LogP contribution in [0.5, 0.6) is 5.75 Å². The summed E-state index contributed by atoms with van der Waals surface area (Å²) in [5.41, 5.74) is 1.41. The molecule has 0 aliphatic rings. The summed E-state index contributed by atoms with van der Waals surface area (Å²) in [7, 11) is 3.51. The van der Waals surface area contributed by atoms with E-state index in [-0.39, 0.29) is 24.8 Å². The molecule has 0 aliphatic carbocycles. The molecule has 1 amide bonds. The summed E-state index contributed by atoms with van der Waals surface area (Å²) in [5.74, 6) is 0.282. The molecule has 24 heavy (non-hydrogen) atoms. The number of halogens is 2. The zero-order valence-electron chi connectivity index (χ0n) is 13.7. The highest BCUT2D eigenvalue weighted by Crippen LogP contribution is 2.21. The third-order valence-corrected chi connectivity index (χ3v) is 3.87. The fourth-order valence-corrected chi connectivity index (χ4v) is 2.64. The second kappa shape index (κ2) is 8.66. The minimum absolute atomic E-state index is 0.142. The highest BCUT2D eigenvalue weighted by Gasteiger charge is 2.14. The number of methoxy groups -OCH3 is 1. The van der Waals surface area contributed by atoms with Crippen LogP contribution < -0.4 is 15.0 Å². The van der Waals surface area contributed by atoms with Crippen molar-refractivity contribution in [3.05, 3.63) is 64.4 Å². The van der Waals surface area contributed by atoms with Crippen LogP contribution in [0, 0.1) is 5.82 Å². The molecule has 1 atom stereocenters. The molecule has 0 heterocycles. The maximum atomic E-state index is 13.5. The summed E-state index contributed by atoms with van der Waals surface area (Å²) in [6.45, 7) is 1.04. The van der Waals surface area contributed by atoms with Crippen LogP contribution in [-0.4, -0.2) is 26.6 Å². The first kappa shape index (κ1) is 18.2. The lowest BCUT2D eigenvalue weighted by Crippen LogP contribution is -3.08. The van der Waals surface area contributed by atoms with E-state index in [9.17, 15) is 9.18 Å². The van der Waals surface area contributed by atoms with E-state index in [1.54, 1.807) is 31.4 Å². The second-order valence-electron chi connectivity index (χ2n) is 5.63. The summed E-state index contributed by atoms with van der Waals surface area (Å²) in [6.07, 6.45) is 0. The van der Waals surface area contributed by atoms with E-state index in [1.165, 1.54) is 6.07 Å². The summed E-state index contributed by atoms with van der Waals surface area (Å²) >= 11 is 6.02. The number of carbonyl (C=O) groups is 1. The molecule has 2 rings (SSSR count). The third-order valence-electron chi connectivity index (χ3n) is 3.63. The van der Waals surface area contributed by atoms with Gasteiger partial charge in [-0.05, 0) is 24.3 Å². The van der Waals surface area contributed by atoms with Gasteiger partial charge in [0.2, 0.25) is 0 Å².